The number of benzene rings is 2. The summed E-state index contributed by atoms with van der Waals surface area (Å²) < 4.78 is 0. The Morgan fingerprint density at radius 2 is 1.62 bits per heavy atom. The van der Waals surface area contributed by atoms with Gasteiger partial charge in [-0.25, -0.2) is 0 Å². The summed E-state index contributed by atoms with van der Waals surface area (Å²) in [6, 6.07) is 18.9. The predicted molar refractivity (Wildman–Crippen MR) is 100 cm³/mol. The molecule has 4 heteroatoms. The summed E-state index contributed by atoms with van der Waals surface area (Å²) in [4.78, 5) is 5.90. The van der Waals surface area contributed by atoms with Gasteiger partial charge in [-0.15, -0.1) is 0 Å². The molecule has 4 nitrogen and oxygen atoms in total. The molecule has 3 aromatic rings. The highest BCUT2D eigenvalue weighted by molar-refractivity contribution is 6.05. The van der Waals surface area contributed by atoms with Crippen LogP contribution in [0.2, 0.25) is 0 Å². The number of H-pyrrole nitrogens is 1. The van der Waals surface area contributed by atoms with E-state index < -0.39 is 0 Å². The molecule has 0 spiro atoms. The van der Waals surface area contributed by atoms with E-state index in [0.717, 1.165) is 43.0 Å². The molecule has 0 saturated carbocycles. The molecular formula is C20H22N4. The number of piperazine rings is 1. The second kappa shape index (κ2) is 6.49. The van der Waals surface area contributed by atoms with Crippen molar-refractivity contribution >= 4 is 17.1 Å². The number of rotatable bonds is 3. The average Bonchev–Trinajstić information content (AvgIpc) is 3.01. The Morgan fingerprint density at radius 3 is 2.42 bits per heavy atom. The highest BCUT2D eigenvalue weighted by Crippen LogP contribution is 2.29. The molecule has 0 amide bonds. The third kappa shape index (κ3) is 2.93. The number of hydrogen-bond acceptors (Lipinski definition) is 3. The summed E-state index contributed by atoms with van der Waals surface area (Å²) in [6.07, 6.45) is 2.02. The topological polar surface area (TPSA) is 34.6 Å². The number of para-hydroxylation sites is 1. The minimum absolute atomic E-state index is 0.982. The monoisotopic (exact) mass is 318 g/mol. The van der Waals surface area contributed by atoms with Crippen molar-refractivity contribution in [1.29, 1.82) is 0 Å². The lowest BCUT2D eigenvalue weighted by Crippen LogP contribution is -2.41. The number of aromatic nitrogens is 1. The van der Waals surface area contributed by atoms with Gasteiger partial charge in [-0.2, -0.15) is 5.10 Å². The quantitative estimate of drug-likeness (QED) is 0.751. The minimum Gasteiger partial charge on any atom is -0.354 e. The number of hydrazone groups is 1. The largest absolute Gasteiger partial charge is 0.354 e. The van der Waals surface area contributed by atoms with Crippen molar-refractivity contribution in [3.05, 3.63) is 60.2 Å². The van der Waals surface area contributed by atoms with Gasteiger partial charge >= 0.3 is 0 Å². The van der Waals surface area contributed by atoms with Gasteiger partial charge in [0.2, 0.25) is 0 Å². The molecule has 0 bridgehead atoms. The summed E-state index contributed by atoms with van der Waals surface area (Å²) in [5.74, 6) is 0. The van der Waals surface area contributed by atoms with E-state index in [0.29, 0.717) is 0 Å². The normalized spacial score (nSPS) is 16.3. The lowest BCUT2D eigenvalue weighted by molar-refractivity contribution is 0.159. The van der Waals surface area contributed by atoms with E-state index in [9.17, 15) is 0 Å². The standard InChI is InChI=1S/C20H22N4/c1-23-11-13-24(14-12-23)21-15-18-17-9-5-6-10-19(17)22-20(18)16-7-3-2-4-8-16/h2-10,15,22H,11-14H2,1H3/b21-15+. The van der Waals surface area contributed by atoms with Crippen LogP contribution in [0.25, 0.3) is 22.2 Å². The molecule has 0 unspecified atom stereocenters. The van der Waals surface area contributed by atoms with Crippen LogP contribution in [0.15, 0.2) is 59.7 Å². The maximum absolute atomic E-state index is 4.76. The summed E-state index contributed by atoms with van der Waals surface area (Å²) in [6.45, 7) is 4.10. The molecule has 1 fully saturated rings. The Balaban J connectivity index is 1.73. The lowest BCUT2D eigenvalue weighted by Gasteiger charge is -2.30. The maximum atomic E-state index is 4.76. The van der Waals surface area contributed by atoms with Gasteiger partial charge in [0, 0.05) is 42.6 Å². The Kier molecular flexibility index (Phi) is 4.05. The Hall–Kier alpha value is -2.59. The number of nitrogens with zero attached hydrogens (tertiary/aromatic N) is 3. The SMILES string of the molecule is CN1CCN(/N=C/c2c(-c3ccccc3)[nH]c3ccccc23)CC1. The lowest BCUT2D eigenvalue weighted by atomic mass is 10.1. The second-order valence-corrected chi connectivity index (χ2v) is 6.33. The molecule has 0 radical (unpaired) electrons. The molecule has 1 aliphatic rings. The molecule has 1 aliphatic heterocycles. The van der Waals surface area contributed by atoms with Crippen molar-refractivity contribution in [3.63, 3.8) is 0 Å². The summed E-state index contributed by atoms with van der Waals surface area (Å²) >= 11 is 0. The number of hydrogen-bond donors (Lipinski definition) is 1. The zero-order valence-corrected chi connectivity index (χ0v) is 13.9. The zero-order chi connectivity index (χ0) is 16.4. The summed E-state index contributed by atoms with van der Waals surface area (Å²) in [7, 11) is 2.16. The van der Waals surface area contributed by atoms with E-state index in [4.69, 9.17) is 5.10 Å². The highest BCUT2D eigenvalue weighted by atomic mass is 15.5. The highest BCUT2D eigenvalue weighted by Gasteiger charge is 2.14. The summed E-state index contributed by atoms with van der Waals surface area (Å²) in [5.41, 5.74) is 4.63. The van der Waals surface area contributed by atoms with Crippen molar-refractivity contribution < 1.29 is 0 Å². The van der Waals surface area contributed by atoms with E-state index in [-0.39, 0.29) is 0 Å². The molecule has 1 N–H and O–H groups in total. The number of likely N-dealkylation sites (N-methyl/N-ethyl adjacent to an activating group) is 1. The molecule has 2 aromatic carbocycles. The fraction of sp³-hybridized carbons (Fsp3) is 0.250. The van der Waals surface area contributed by atoms with Crippen LogP contribution >= 0.6 is 0 Å². The van der Waals surface area contributed by atoms with Gasteiger partial charge in [-0.05, 0) is 18.7 Å². The fourth-order valence-corrected chi connectivity index (χ4v) is 3.18. The second-order valence-electron chi connectivity index (χ2n) is 6.33. The molecule has 1 saturated heterocycles. The Bertz CT molecular complexity index is 842. The molecule has 0 aliphatic carbocycles. The van der Waals surface area contributed by atoms with Crippen LogP contribution in [-0.2, 0) is 0 Å². The molecule has 2 heterocycles. The van der Waals surface area contributed by atoms with Crippen LogP contribution < -0.4 is 0 Å². The first kappa shape index (κ1) is 15.0. The van der Waals surface area contributed by atoms with Crippen LogP contribution in [0.1, 0.15) is 5.56 Å². The molecular weight excluding hydrogens is 296 g/mol. The van der Waals surface area contributed by atoms with E-state index in [1.54, 1.807) is 0 Å². The number of fused-ring (bicyclic) bond motifs is 1. The van der Waals surface area contributed by atoms with Gasteiger partial charge < -0.3 is 9.88 Å². The smallest absolute Gasteiger partial charge is 0.0570 e. The molecule has 1 aromatic heterocycles. The molecule has 0 atom stereocenters. The van der Waals surface area contributed by atoms with Crippen LogP contribution in [0.4, 0.5) is 0 Å². The zero-order valence-electron chi connectivity index (χ0n) is 13.9. The van der Waals surface area contributed by atoms with Gasteiger partial charge in [0.05, 0.1) is 11.9 Å². The van der Waals surface area contributed by atoms with Crippen LogP contribution in [0, 0.1) is 0 Å². The van der Waals surface area contributed by atoms with Gasteiger partial charge in [-0.3, -0.25) is 5.01 Å². The van der Waals surface area contributed by atoms with E-state index in [1.165, 1.54) is 10.9 Å². The Morgan fingerprint density at radius 1 is 0.917 bits per heavy atom. The maximum Gasteiger partial charge on any atom is 0.0570 e. The van der Waals surface area contributed by atoms with Crippen LogP contribution in [0.3, 0.4) is 0 Å². The van der Waals surface area contributed by atoms with Crippen molar-refractivity contribution in [2.24, 2.45) is 5.10 Å². The third-order valence-electron chi connectivity index (χ3n) is 4.64. The van der Waals surface area contributed by atoms with Crippen molar-refractivity contribution in [1.82, 2.24) is 14.9 Å². The van der Waals surface area contributed by atoms with Gasteiger partial charge in [0.1, 0.15) is 0 Å². The Labute approximate surface area is 142 Å². The fourth-order valence-electron chi connectivity index (χ4n) is 3.18. The van der Waals surface area contributed by atoms with Crippen LogP contribution in [-0.4, -0.2) is 54.3 Å². The first-order valence-corrected chi connectivity index (χ1v) is 8.45. The minimum atomic E-state index is 0.982. The third-order valence-corrected chi connectivity index (χ3v) is 4.64. The van der Waals surface area contributed by atoms with Gasteiger partial charge in [0.15, 0.2) is 0 Å². The van der Waals surface area contributed by atoms with Gasteiger partial charge in [-0.1, -0.05) is 48.5 Å². The first-order valence-electron chi connectivity index (χ1n) is 8.45. The average molecular weight is 318 g/mol. The molecule has 122 valence electrons. The number of aromatic amines is 1. The predicted octanol–water partition coefficient (Wildman–Crippen LogP) is 3.42. The first-order chi connectivity index (χ1) is 11.8. The van der Waals surface area contributed by atoms with E-state index >= 15 is 0 Å². The van der Waals surface area contributed by atoms with E-state index in [1.807, 2.05) is 12.3 Å². The van der Waals surface area contributed by atoms with Crippen molar-refractivity contribution in [3.8, 4) is 11.3 Å². The van der Waals surface area contributed by atoms with Gasteiger partial charge in [0.25, 0.3) is 0 Å². The molecule has 24 heavy (non-hydrogen) atoms. The number of nitrogens with one attached hydrogen (secondary N) is 1. The van der Waals surface area contributed by atoms with Crippen molar-refractivity contribution in [2.75, 3.05) is 33.2 Å². The van der Waals surface area contributed by atoms with Crippen LogP contribution in [0.5, 0.6) is 0 Å². The van der Waals surface area contributed by atoms with Crippen molar-refractivity contribution in [2.45, 2.75) is 0 Å². The molecule has 4 rings (SSSR count). The summed E-state index contributed by atoms with van der Waals surface area (Å²) in [5, 5.41) is 8.14. The van der Waals surface area contributed by atoms with E-state index in [2.05, 4.69) is 70.5 Å².